The quantitative estimate of drug-likeness (QED) is 0.870. The third kappa shape index (κ3) is 3.62. The van der Waals surface area contributed by atoms with E-state index >= 15 is 0 Å². The third-order valence-electron chi connectivity index (χ3n) is 2.92. The maximum atomic E-state index is 11.6. The lowest BCUT2D eigenvalue weighted by atomic mass is 10.2. The standard InChI is InChI=1S/C13H17ClN2O2/c1-9-6-11(2-3-12(9)14)18-8-13(17)16-10-4-5-15-7-10/h2-3,6,10,15H,4-5,7-8H2,1H3,(H,16,17). The number of benzene rings is 1. The molecule has 4 nitrogen and oxygen atoms in total. The molecule has 2 N–H and O–H groups in total. The number of hydrogen-bond donors (Lipinski definition) is 2. The van der Waals surface area contributed by atoms with Crippen LogP contribution in [0, 0.1) is 6.92 Å². The molecule has 1 aromatic carbocycles. The molecular formula is C13H17ClN2O2. The highest BCUT2D eigenvalue weighted by molar-refractivity contribution is 6.31. The SMILES string of the molecule is Cc1cc(OCC(=O)NC2CCNC2)ccc1Cl. The maximum absolute atomic E-state index is 11.6. The van der Waals surface area contributed by atoms with E-state index in [1.165, 1.54) is 0 Å². The number of ether oxygens (including phenoxy) is 1. The van der Waals surface area contributed by atoms with Crippen LogP contribution in [0.5, 0.6) is 5.75 Å². The summed E-state index contributed by atoms with van der Waals surface area (Å²) in [6.45, 7) is 3.74. The highest BCUT2D eigenvalue weighted by Gasteiger charge is 2.16. The Morgan fingerprint density at radius 1 is 1.61 bits per heavy atom. The van der Waals surface area contributed by atoms with Crippen LogP contribution >= 0.6 is 11.6 Å². The van der Waals surface area contributed by atoms with Gasteiger partial charge in [-0.25, -0.2) is 0 Å². The van der Waals surface area contributed by atoms with Crippen LogP contribution in [0.4, 0.5) is 0 Å². The van der Waals surface area contributed by atoms with Crippen molar-refractivity contribution in [2.75, 3.05) is 19.7 Å². The second-order valence-corrected chi connectivity index (χ2v) is 4.86. The highest BCUT2D eigenvalue weighted by Crippen LogP contribution is 2.20. The zero-order valence-electron chi connectivity index (χ0n) is 10.3. The molecule has 0 aliphatic carbocycles. The molecule has 1 aromatic rings. The van der Waals surface area contributed by atoms with E-state index in [0.29, 0.717) is 10.8 Å². The van der Waals surface area contributed by atoms with E-state index < -0.39 is 0 Å². The van der Waals surface area contributed by atoms with Crippen molar-refractivity contribution in [1.29, 1.82) is 0 Å². The Morgan fingerprint density at radius 2 is 2.44 bits per heavy atom. The molecule has 2 rings (SSSR count). The average molecular weight is 269 g/mol. The minimum Gasteiger partial charge on any atom is -0.484 e. The minimum absolute atomic E-state index is 0.0393. The van der Waals surface area contributed by atoms with Gasteiger partial charge in [0.05, 0.1) is 0 Å². The summed E-state index contributed by atoms with van der Waals surface area (Å²) in [6, 6.07) is 5.59. The van der Waals surface area contributed by atoms with E-state index in [0.717, 1.165) is 25.1 Å². The molecule has 1 amide bonds. The fraction of sp³-hybridized carbons (Fsp3) is 0.462. The normalized spacial score (nSPS) is 18.7. The molecule has 0 spiro atoms. The first-order valence-corrected chi connectivity index (χ1v) is 6.42. The Labute approximate surface area is 112 Å². The van der Waals surface area contributed by atoms with Crippen LogP contribution in [0.25, 0.3) is 0 Å². The van der Waals surface area contributed by atoms with E-state index in [1.54, 1.807) is 12.1 Å². The topological polar surface area (TPSA) is 50.4 Å². The fourth-order valence-corrected chi connectivity index (χ4v) is 2.02. The van der Waals surface area contributed by atoms with Gasteiger partial charge in [-0.05, 0) is 43.7 Å². The van der Waals surface area contributed by atoms with Gasteiger partial charge in [0.2, 0.25) is 0 Å². The molecule has 0 saturated carbocycles. The Bertz CT molecular complexity index is 431. The van der Waals surface area contributed by atoms with Gasteiger partial charge in [-0.3, -0.25) is 4.79 Å². The van der Waals surface area contributed by atoms with E-state index in [9.17, 15) is 4.79 Å². The van der Waals surface area contributed by atoms with E-state index in [4.69, 9.17) is 16.3 Å². The van der Waals surface area contributed by atoms with Gasteiger partial charge in [-0.1, -0.05) is 11.6 Å². The van der Waals surface area contributed by atoms with Crippen LogP contribution in [0.3, 0.4) is 0 Å². The van der Waals surface area contributed by atoms with E-state index in [2.05, 4.69) is 10.6 Å². The van der Waals surface area contributed by atoms with Crippen molar-refractivity contribution >= 4 is 17.5 Å². The Morgan fingerprint density at radius 3 is 3.11 bits per heavy atom. The maximum Gasteiger partial charge on any atom is 0.258 e. The lowest BCUT2D eigenvalue weighted by Crippen LogP contribution is -2.39. The molecular weight excluding hydrogens is 252 g/mol. The van der Waals surface area contributed by atoms with Gasteiger partial charge >= 0.3 is 0 Å². The smallest absolute Gasteiger partial charge is 0.258 e. The molecule has 5 heteroatoms. The predicted octanol–water partition coefficient (Wildman–Crippen LogP) is 1.51. The molecule has 0 aromatic heterocycles. The first kappa shape index (κ1) is 13.2. The van der Waals surface area contributed by atoms with Crippen molar-refractivity contribution in [2.45, 2.75) is 19.4 Å². The van der Waals surface area contributed by atoms with Crippen LogP contribution in [0.2, 0.25) is 5.02 Å². The van der Waals surface area contributed by atoms with E-state index in [-0.39, 0.29) is 18.6 Å². The van der Waals surface area contributed by atoms with Crippen molar-refractivity contribution < 1.29 is 9.53 Å². The van der Waals surface area contributed by atoms with Gasteiger partial charge in [0.25, 0.3) is 5.91 Å². The minimum atomic E-state index is -0.0868. The van der Waals surface area contributed by atoms with Crippen LogP contribution in [0.15, 0.2) is 18.2 Å². The van der Waals surface area contributed by atoms with Gasteiger partial charge in [0.15, 0.2) is 6.61 Å². The lowest BCUT2D eigenvalue weighted by Gasteiger charge is -2.12. The Balaban J connectivity index is 1.79. The largest absolute Gasteiger partial charge is 0.484 e. The van der Waals surface area contributed by atoms with Crippen molar-refractivity contribution in [1.82, 2.24) is 10.6 Å². The van der Waals surface area contributed by atoms with Crippen LogP contribution in [-0.2, 0) is 4.79 Å². The summed E-state index contributed by atoms with van der Waals surface area (Å²) in [5, 5.41) is 6.82. The van der Waals surface area contributed by atoms with Crippen molar-refractivity contribution in [3.05, 3.63) is 28.8 Å². The van der Waals surface area contributed by atoms with Crippen molar-refractivity contribution in [2.24, 2.45) is 0 Å². The monoisotopic (exact) mass is 268 g/mol. The fourth-order valence-electron chi connectivity index (χ4n) is 1.90. The molecule has 1 aliphatic heterocycles. The van der Waals surface area contributed by atoms with Gasteiger partial charge in [0, 0.05) is 17.6 Å². The summed E-state index contributed by atoms with van der Waals surface area (Å²) in [6.07, 6.45) is 0.978. The zero-order valence-corrected chi connectivity index (χ0v) is 11.1. The second kappa shape index (κ2) is 6.07. The van der Waals surface area contributed by atoms with Crippen molar-refractivity contribution in [3.8, 4) is 5.75 Å². The molecule has 1 fully saturated rings. The van der Waals surface area contributed by atoms with Gasteiger partial charge < -0.3 is 15.4 Å². The number of amides is 1. The number of halogens is 1. The van der Waals surface area contributed by atoms with E-state index in [1.807, 2.05) is 13.0 Å². The number of nitrogens with one attached hydrogen (secondary N) is 2. The summed E-state index contributed by atoms with van der Waals surface area (Å²) in [5.41, 5.74) is 0.939. The summed E-state index contributed by atoms with van der Waals surface area (Å²) >= 11 is 5.91. The molecule has 1 saturated heterocycles. The molecule has 1 heterocycles. The third-order valence-corrected chi connectivity index (χ3v) is 3.35. The summed E-state index contributed by atoms with van der Waals surface area (Å²) in [7, 11) is 0. The zero-order chi connectivity index (χ0) is 13.0. The van der Waals surface area contributed by atoms with Crippen LogP contribution in [0.1, 0.15) is 12.0 Å². The number of carbonyl (C=O) groups excluding carboxylic acids is 1. The summed E-state index contributed by atoms with van der Waals surface area (Å²) in [4.78, 5) is 11.6. The van der Waals surface area contributed by atoms with Gasteiger partial charge in [-0.15, -0.1) is 0 Å². The highest BCUT2D eigenvalue weighted by atomic mass is 35.5. The molecule has 1 aliphatic rings. The molecule has 18 heavy (non-hydrogen) atoms. The second-order valence-electron chi connectivity index (χ2n) is 4.46. The number of carbonyl (C=O) groups is 1. The molecule has 0 radical (unpaired) electrons. The average Bonchev–Trinajstić information content (AvgIpc) is 2.83. The summed E-state index contributed by atoms with van der Waals surface area (Å²) < 4.78 is 5.42. The molecule has 1 atom stereocenters. The number of rotatable bonds is 4. The van der Waals surface area contributed by atoms with Crippen molar-refractivity contribution in [3.63, 3.8) is 0 Å². The first-order chi connectivity index (χ1) is 8.65. The molecule has 1 unspecified atom stereocenters. The molecule has 0 bridgehead atoms. The number of aryl methyl sites for hydroxylation is 1. The lowest BCUT2D eigenvalue weighted by molar-refractivity contribution is -0.123. The predicted molar refractivity (Wildman–Crippen MR) is 71.1 cm³/mol. The Hall–Kier alpha value is -1.26. The summed E-state index contributed by atoms with van der Waals surface area (Å²) in [5.74, 6) is 0.577. The Kier molecular flexibility index (Phi) is 4.44. The van der Waals surface area contributed by atoms with Crippen LogP contribution < -0.4 is 15.4 Å². The van der Waals surface area contributed by atoms with Crippen LogP contribution in [-0.4, -0.2) is 31.6 Å². The van der Waals surface area contributed by atoms with Gasteiger partial charge in [0.1, 0.15) is 5.75 Å². The number of hydrogen-bond acceptors (Lipinski definition) is 3. The van der Waals surface area contributed by atoms with Gasteiger partial charge in [-0.2, -0.15) is 0 Å². The first-order valence-electron chi connectivity index (χ1n) is 6.04. The molecule has 98 valence electrons.